The molecule has 252 valence electrons. The lowest BCUT2D eigenvalue weighted by atomic mass is 9.95. The van der Waals surface area contributed by atoms with Crippen LogP contribution in [0.15, 0.2) is 56.6 Å². The summed E-state index contributed by atoms with van der Waals surface area (Å²) >= 11 is -1.90. The Balaban J connectivity index is 2.20. The van der Waals surface area contributed by atoms with E-state index in [1.807, 2.05) is 0 Å². The first-order valence-corrected chi connectivity index (χ1v) is 14.8. The van der Waals surface area contributed by atoms with Gasteiger partial charge in [0.15, 0.2) is 34.9 Å². The van der Waals surface area contributed by atoms with Gasteiger partial charge < -0.3 is 0 Å². The van der Waals surface area contributed by atoms with Crippen molar-refractivity contribution in [3.8, 4) is 12.1 Å². The molecule has 0 aromatic heterocycles. The summed E-state index contributed by atoms with van der Waals surface area (Å²) in [5.41, 5.74) is -17.0. The van der Waals surface area contributed by atoms with Crippen LogP contribution in [-0.2, 0) is 12.8 Å². The summed E-state index contributed by atoms with van der Waals surface area (Å²) in [5.74, 6) is -12.5. The molecular formula is C32H8F12N4S2. The fourth-order valence-corrected chi connectivity index (χ4v) is 7.43. The summed E-state index contributed by atoms with van der Waals surface area (Å²) in [4.78, 5) is 3.99. The van der Waals surface area contributed by atoms with E-state index in [-0.39, 0.29) is 0 Å². The van der Waals surface area contributed by atoms with Gasteiger partial charge in [-0.1, -0.05) is 0 Å². The van der Waals surface area contributed by atoms with E-state index in [0.29, 0.717) is 24.3 Å². The number of benzene rings is 3. The lowest BCUT2D eigenvalue weighted by Crippen LogP contribution is -2.27. The first-order chi connectivity index (χ1) is 23.3. The number of hydrogen-bond acceptors (Lipinski definition) is 4. The van der Waals surface area contributed by atoms with Gasteiger partial charge in [-0.3, -0.25) is 0 Å². The van der Waals surface area contributed by atoms with Crippen molar-refractivity contribution < 1.29 is 52.7 Å². The second-order valence-corrected chi connectivity index (χ2v) is 12.3. The van der Waals surface area contributed by atoms with Crippen LogP contribution in [0.1, 0.15) is 22.3 Å². The third-order valence-electron chi connectivity index (χ3n) is 7.40. The summed E-state index contributed by atoms with van der Waals surface area (Å²) < 4.78 is 172. The van der Waals surface area contributed by atoms with E-state index in [2.05, 4.69) is 9.69 Å². The van der Waals surface area contributed by atoms with E-state index in [4.69, 9.17) is 13.1 Å². The van der Waals surface area contributed by atoms with Crippen LogP contribution in [0.4, 0.5) is 52.7 Å². The first kappa shape index (κ1) is 36.0. The molecule has 0 spiro atoms. The van der Waals surface area contributed by atoms with Gasteiger partial charge in [-0.15, -0.1) is 0 Å². The van der Waals surface area contributed by atoms with Crippen LogP contribution in [-0.4, -0.2) is 11.0 Å². The number of rotatable bonds is 4. The zero-order chi connectivity index (χ0) is 37.0. The van der Waals surface area contributed by atoms with E-state index >= 15 is 0 Å². The monoisotopic (exact) mass is 740 g/mol. The number of allylic oxidation sites excluding steroid dienone is 3. The highest BCUT2D eigenvalue weighted by molar-refractivity contribution is 8.00. The molecule has 2 aliphatic rings. The second-order valence-electron chi connectivity index (χ2n) is 10.2. The van der Waals surface area contributed by atoms with Gasteiger partial charge in [-0.2, -0.15) is 46.6 Å². The molecule has 0 bridgehead atoms. The van der Waals surface area contributed by atoms with Gasteiger partial charge in [0.25, 0.3) is 0 Å². The highest BCUT2D eigenvalue weighted by Crippen LogP contribution is 2.48. The number of fused-ring (bicyclic) bond motifs is 2. The zero-order valence-corrected chi connectivity index (χ0v) is 25.5. The Hall–Kier alpha value is -5.30. The molecule has 3 aromatic carbocycles. The molecule has 4 nitrogen and oxygen atoms in total. The van der Waals surface area contributed by atoms with Crippen LogP contribution >= 0.6 is 23.5 Å². The van der Waals surface area contributed by atoms with Crippen LogP contribution < -0.4 is 10.4 Å². The predicted octanol–water partition coefficient (Wildman–Crippen LogP) is 8.65. The second kappa shape index (κ2) is 12.9. The van der Waals surface area contributed by atoms with Crippen molar-refractivity contribution in [1.29, 1.82) is 10.5 Å². The topological polar surface area (TPSA) is 56.3 Å². The lowest BCUT2D eigenvalue weighted by molar-refractivity contribution is -0.0339. The number of nitriles is 2. The van der Waals surface area contributed by atoms with Crippen LogP contribution in [0.2, 0.25) is 0 Å². The Morgan fingerprint density at radius 1 is 0.620 bits per heavy atom. The summed E-state index contributed by atoms with van der Waals surface area (Å²) in [6, 6.07) is 4.06. The molecule has 0 atom stereocenters. The van der Waals surface area contributed by atoms with Crippen molar-refractivity contribution in [3.05, 3.63) is 137 Å². The smallest absolute Gasteiger partial charge is 0.204 e. The molecule has 0 heterocycles. The average molecular weight is 741 g/mol. The maximum absolute atomic E-state index is 14.5. The van der Waals surface area contributed by atoms with Crippen molar-refractivity contribution in [3.63, 3.8) is 0 Å². The zero-order valence-electron chi connectivity index (χ0n) is 23.9. The van der Waals surface area contributed by atoms with E-state index in [0.717, 1.165) is 0 Å². The van der Waals surface area contributed by atoms with E-state index in [1.54, 1.807) is 0 Å². The maximum Gasteiger partial charge on any atom is 0.523 e. The van der Waals surface area contributed by atoms with Gasteiger partial charge >= 0.3 is 16.8 Å². The van der Waals surface area contributed by atoms with Crippen molar-refractivity contribution in [1.82, 2.24) is 0 Å². The van der Waals surface area contributed by atoms with Crippen molar-refractivity contribution in [2.24, 2.45) is 0 Å². The minimum Gasteiger partial charge on any atom is -0.204 e. The van der Waals surface area contributed by atoms with E-state index in [9.17, 15) is 63.2 Å². The summed E-state index contributed by atoms with van der Waals surface area (Å²) in [5, 5.41) is 17.8. The van der Waals surface area contributed by atoms with Crippen molar-refractivity contribution >= 4 is 34.7 Å². The molecule has 0 aliphatic heterocycles. The van der Waals surface area contributed by atoms with E-state index < -0.39 is 158 Å². The van der Waals surface area contributed by atoms with Crippen LogP contribution in [0.3, 0.4) is 0 Å². The Bertz CT molecular complexity index is 2170. The summed E-state index contributed by atoms with van der Waals surface area (Å²) in [7, 11) is 0. The SMILES string of the molecule is [C-]#[N+]C([N+]#[C-])=C1Cc2c(SC(F)(F)F)c3c(c(SC(F)(F)F)c2=C1c1cc(F)c(F)c(F)c1)CC(=C(C#N)C#N)C=3c1cc(F)c(F)c(F)c1. The highest BCUT2D eigenvalue weighted by Gasteiger charge is 2.42. The number of thioether (sulfide) groups is 2. The molecule has 2 aliphatic carbocycles. The molecule has 50 heavy (non-hydrogen) atoms. The number of alkyl halides is 6. The minimum absolute atomic E-state index is 0.296. The molecule has 5 rings (SSSR count). The molecule has 0 saturated heterocycles. The molecule has 18 heteroatoms. The number of nitrogens with zero attached hydrogens (tertiary/aromatic N) is 4. The van der Waals surface area contributed by atoms with Gasteiger partial charge in [0, 0.05) is 26.6 Å². The summed E-state index contributed by atoms with van der Waals surface area (Å²) in [6.07, 6.45) is -1.92. The average Bonchev–Trinajstić information content (AvgIpc) is 3.60. The third-order valence-corrected chi connectivity index (χ3v) is 9.18. The Labute approximate surface area is 280 Å². The van der Waals surface area contributed by atoms with Gasteiger partial charge in [-0.05, 0) is 93.2 Å². The van der Waals surface area contributed by atoms with Gasteiger partial charge in [0.05, 0.1) is 5.57 Å². The molecule has 3 aromatic rings. The van der Waals surface area contributed by atoms with Gasteiger partial charge in [0.2, 0.25) is 0 Å². The van der Waals surface area contributed by atoms with Gasteiger partial charge in [-0.25, -0.2) is 26.3 Å². The molecular weight excluding hydrogens is 732 g/mol. The third kappa shape index (κ3) is 6.28. The van der Waals surface area contributed by atoms with Gasteiger partial charge in [0.1, 0.15) is 30.9 Å². The first-order valence-electron chi connectivity index (χ1n) is 13.1. The number of hydrogen-bond donors (Lipinski definition) is 0. The molecule has 0 radical (unpaired) electrons. The fraction of sp³-hybridized carbons (Fsp3) is 0.125. The Morgan fingerprint density at radius 2 is 0.960 bits per heavy atom. The molecule has 0 fully saturated rings. The lowest BCUT2D eigenvalue weighted by Gasteiger charge is -2.17. The maximum atomic E-state index is 14.5. The largest absolute Gasteiger partial charge is 0.523 e. The molecule has 0 unspecified atom stereocenters. The van der Waals surface area contributed by atoms with Crippen LogP contribution in [0.25, 0.3) is 20.8 Å². The number of halogens is 12. The normalized spacial score (nSPS) is 13.8. The van der Waals surface area contributed by atoms with Crippen molar-refractivity contribution in [2.75, 3.05) is 0 Å². The molecule has 0 amide bonds. The highest BCUT2D eigenvalue weighted by atomic mass is 32.2. The molecule has 0 saturated carbocycles. The molecule has 0 N–H and O–H groups in total. The van der Waals surface area contributed by atoms with Crippen LogP contribution in [0, 0.1) is 70.7 Å². The minimum atomic E-state index is -5.28. The Morgan fingerprint density at radius 3 is 1.28 bits per heavy atom. The Kier molecular flexibility index (Phi) is 9.26. The van der Waals surface area contributed by atoms with Crippen LogP contribution in [0.5, 0.6) is 0 Å². The predicted molar refractivity (Wildman–Crippen MR) is 153 cm³/mol. The quantitative estimate of drug-likeness (QED) is 0.0884. The van der Waals surface area contributed by atoms with E-state index in [1.165, 1.54) is 12.1 Å². The van der Waals surface area contributed by atoms with Crippen molar-refractivity contribution in [2.45, 2.75) is 33.6 Å². The summed E-state index contributed by atoms with van der Waals surface area (Å²) in [6.45, 7) is 14.9. The fourth-order valence-electron chi connectivity index (χ4n) is 5.72. The standard InChI is InChI=1S/C32H8F12N4S2/c1-47-30(48-2)17-8-16-25(23(17)12-5-20(35)27(38)21(36)6-12)28(49-31(39,40)41)15-7-14(13(9-45)10-46)22(24(15)29(16)50-32(42,43)44)11-3-18(33)26(37)19(34)4-11/h3-6H,7-8H2.